The van der Waals surface area contributed by atoms with Crippen molar-refractivity contribution < 1.29 is 4.79 Å². The molecule has 2 aromatic carbocycles. The molecule has 27 heavy (non-hydrogen) atoms. The molecule has 1 heterocycles. The smallest absolute Gasteiger partial charge is 0.257 e. The van der Waals surface area contributed by atoms with E-state index < -0.39 is 0 Å². The van der Waals surface area contributed by atoms with E-state index in [2.05, 4.69) is 29.5 Å². The van der Waals surface area contributed by atoms with Crippen LogP contribution in [0.25, 0.3) is 0 Å². The summed E-state index contributed by atoms with van der Waals surface area (Å²) in [5.74, 6) is 0.139. The van der Waals surface area contributed by atoms with Gasteiger partial charge in [0.2, 0.25) is 0 Å². The van der Waals surface area contributed by atoms with Crippen molar-refractivity contribution in [3.05, 3.63) is 88.7 Å². The van der Waals surface area contributed by atoms with Crippen LogP contribution in [0.3, 0.4) is 0 Å². The molecule has 0 atom stereocenters. The molecule has 0 aliphatic heterocycles. The number of hydrogen-bond acceptors (Lipinski definition) is 3. The third-order valence-electron chi connectivity index (χ3n) is 4.27. The summed E-state index contributed by atoms with van der Waals surface area (Å²) < 4.78 is 0. The van der Waals surface area contributed by atoms with E-state index in [1.54, 1.807) is 18.5 Å². The van der Waals surface area contributed by atoms with Crippen LogP contribution >= 0.6 is 11.6 Å². The third kappa shape index (κ3) is 4.86. The first-order valence-corrected chi connectivity index (χ1v) is 9.25. The van der Waals surface area contributed by atoms with E-state index in [0.717, 1.165) is 22.5 Å². The van der Waals surface area contributed by atoms with Crippen LogP contribution in [0.15, 0.2) is 67.0 Å². The van der Waals surface area contributed by atoms with Crippen molar-refractivity contribution in [3.63, 3.8) is 0 Å². The minimum atomic E-state index is -0.183. The highest BCUT2D eigenvalue weighted by Crippen LogP contribution is 2.24. The third-order valence-corrected chi connectivity index (χ3v) is 4.64. The fourth-order valence-corrected chi connectivity index (χ4v) is 3.01. The van der Waals surface area contributed by atoms with E-state index in [0.29, 0.717) is 23.0 Å². The summed E-state index contributed by atoms with van der Waals surface area (Å²) in [6, 6.07) is 17.3. The Hall–Kier alpha value is -2.85. The molecule has 0 fully saturated rings. The SMILES string of the molecule is CC(C)c1ccccc1NC(=O)c1cncc(NCc2ccccc2Cl)c1. The number of rotatable bonds is 6. The number of nitrogens with zero attached hydrogens (tertiary/aromatic N) is 1. The van der Waals surface area contributed by atoms with Gasteiger partial charge in [-0.3, -0.25) is 9.78 Å². The van der Waals surface area contributed by atoms with Crippen molar-refractivity contribution in [2.45, 2.75) is 26.3 Å². The molecule has 0 saturated heterocycles. The summed E-state index contributed by atoms with van der Waals surface area (Å²) in [4.78, 5) is 16.9. The number of aromatic nitrogens is 1. The quantitative estimate of drug-likeness (QED) is 0.575. The molecular weight excluding hydrogens is 358 g/mol. The van der Waals surface area contributed by atoms with Crippen LogP contribution in [0.4, 0.5) is 11.4 Å². The van der Waals surface area contributed by atoms with Gasteiger partial charge in [0.1, 0.15) is 0 Å². The van der Waals surface area contributed by atoms with Crippen LogP contribution in [0.5, 0.6) is 0 Å². The first-order valence-electron chi connectivity index (χ1n) is 8.87. The van der Waals surface area contributed by atoms with Gasteiger partial charge in [-0.2, -0.15) is 0 Å². The van der Waals surface area contributed by atoms with Gasteiger partial charge >= 0.3 is 0 Å². The lowest BCUT2D eigenvalue weighted by Gasteiger charge is -2.14. The summed E-state index contributed by atoms with van der Waals surface area (Å²) in [6.07, 6.45) is 3.25. The summed E-state index contributed by atoms with van der Waals surface area (Å²) in [5.41, 5.74) is 4.18. The first kappa shape index (κ1) is 18.9. The molecule has 1 amide bonds. The molecule has 0 saturated carbocycles. The van der Waals surface area contributed by atoms with E-state index in [1.165, 1.54) is 0 Å². The second-order valence-corrected chi connectivity index (χ2v) is 7.01. The van der Waals surface area contributed by atoms with Gasteiger partial charge in [0.15, 0.2) is 0 Å². The summed E-state index contributed by atoms with van der Waals surface area (Å²) >= 11 is 6.18. The van der Waals surface area contributed by atoms with Crippen molar-refractivity contribution in [3.8, 4) is 0 Å². The van der Waals surface area contributed by atoms with E-state index >= 15 is 0 Å². The molecule has 0 bridgehead atoms. The van der Waals surface area contributed by atoms with E-state index in [1.807, 2.05) is 48.5 Å². The van der Waals surface area contributed by atoms with Gasteiger partial charge in [0.05, 0.1) is 11.3 Å². The van der Waals surface area contributed by atoms with Crippen LogP contribution in [0.2, 0.25) is 5.02 Å². The highest BCUT2D eigenvalue weighted by atomic mass is 35.5. The van der Waals surface area contributed by atoms with Crippen molar-refractivity contribution in [1.29, 1.82) is 0 Å². The number of nitrogens with one attached hydrogen (secondary N) is 2. The monoisotopic (exact) mass is 379 g/mol. The molecule has 0 aliphatic rings. The molecule has 0 unspecified atom stereocenters. The van der Waals surface area contributed by atoms with Crippen molar-refractivity contribution in [2.75, 3.05) is 10.6 Å². The molecule has 5 heteroatoms. The largest absolute Gasteiger partial charge is 0.380 e. The minimum absolute atomic E-state index is 0.183. The molecule has 0 aliphatic carbocycles. The van der Waals surface area contributed by atoms with Crippen LogP contribution in [0, 0.1) is 0 Å². The lowest BCUT2D eigenvalue weighted by Crippen LogP contribution is -2.14. The average Bonchev–Trinajstić information content (AvgIpc) is 2.68. The predicted molar refractivity (Wildman–Crippen MR) is 111 cm³/mol. The van der Waals surface area contributed by atoms with E-state index in [4.69, 9.17) is 11.6 Å². The number of halogens is 1. The molecule has 2 N–H and O–H groups in total. The zero-order chi connectivity index (χ0) is 19.2. The zero-order valence-electron chi connectivity index (χ0n) is 15.4. The van der Waals surface area contributed by atoms with Crippen molar-refractivity contribution in [2.24, 2.45) is 0 Å². The van der Waals surface area contributed by atoms with Crippen LogP contribution in [0.1, 0.15) is 41.3 Å². The second kappa shape index (κ2) is 8.69. The first-order chi connectivity index (χ1) is 13.0. The molecule has 3 rings (SSSR count). The molecule has 0 radical (unpaired) electrons. The van der Waals surface area contributed by atoms with Gasteiger partial charge in [-0.1, -0.05) is 61.8 Å². The Morgan fingerprint density at radius 3 is 2.59 bits per heavy atom. The lowest BCUT2D eigenvalue weighted by atomic mass is 10.0. The fourth-order valence-electron chi connectivity index (χ4n) is 2.81. The van der Waals surface area contributed by atoms with Gasteiger partial charge in [-0.05, 0) is 35.2 Å². The average molecular weight is 380 g/mol. The number of hydrogen-bond donors (Lipinski definition) is 2. The Balaban J connectivity index is 1.72. The highest BCUT2D eigenvalue weighted by Gasteiger charge is 2.12. The maximum absolute atomic E-state index is 12.7. The Labute approximate surface area is 164 Å². The molecule has 1 aromatic heterocycles. The highest BCUT2D eigenvalue weighted by molar-refractivity contribution is 6.31. The maximum atomic E-state index is 12.7. The van der Waals surface area contributed by atoms with Gasteiger partial charge in [-0.25, -0.2) is 0 Å². The van der Waals surface area contributed by atoms with Gasteiger partial charge in [0, 0.05) is 29.6 Å². The number of carbonyl (C=O) groups excluding carboxylic acids is 1. The fraction of sp³-hybridized carbons (Fsp3) is 0.182. The Morgan fingerprint density at radius 2 is 1.81 bits per heavy atom. The molecule has 0 spiro atoms. The Kier molecular flexibility index (Phi) is 6.09. The van der Waals surface area contributed by atoms with Crippen molar-refractivity contribution in [1.82, 2.24) is 4.98 Å². The standard InChI is InChI=1S/C22H22ClN3O/c1-15(2)19-8-4-6-10-21(19)26-22(27)17-11-18(14-24-12-17)25-13-16-7-3-5-9-20(16)23/h3-12,14-15,25H,13H2,1-2H3,(H,26,27). The van der Waals surface area contributed by atoms with Gasteiger partial charge in [0.25, 0.3) is 5.91 Å². The molecule has 138 valence electrons. The number of amides is 1. The molecule has 3 aromatic rings. The minimum Gasteiger partial charge on any atom is -0.380 e. The van der Waals surface area contributed by atoms with Gasteiger partial charge in [-0.15, -0.1) is 0 Å². The summed E-state index contributed by atoms with van der Waals surface area (Å²) in [5, 5.41) is 6.96. The van der Waals surface area contributed by atoms with Crippen LogP contribution in [-0.4, -0.2) is 10.9 Å². The van der Waals surface area contributed by atoms with E-state index in [-0.39, 0.29) is 5.91 Å². The van der Waals surface area contributed by atoms with Crippen LogP contribution < -0.4 is 10.6 Å². The number of pyridine rings is 1. The number of carbonyl (C=O) groups is 1. The van der Waals surface area contributed by atoms with Crippen LogP contribution in [-0.2, 0) is 6.54 Å². The van der Waals surface area contributed by atoms with E-state index in [9.17, 15) is 4.79 Å². The number of benzene rings is 2. The lowest BCUT2D eigenvalue weighted by molar-refractivity contribution is 0.102. The summed E-state index contributed by atoms with van der Waals surface area (Å²) in [6.45, 7) is 4.76. The van der Waals surface area contributed by atoms with Gasteiger partial charge < -0.3 is 10.6 Å². The molecular formula is C22H22ClN3O. The number of anilines is 2. The normalized spacial score (nSPS) is 10.7. The number of para-hydroxylation sites is 1. The second-order valence-electron chi connectivity index (χ2n) is 6.60. The Morgan fingerprint density at radius 1 is 1.07 bits per heavy atom. The molecule has 4 nitrogen and oxygen atoms in total. The zero-order valence-corrected chi connectivity index (χ0v) is 16.1. The summed E-state index contributed by atoms with van der Waals surface area (Å²) in [7, 11) is 0. The maximum Gasteiger partial charge on any atom is 0.257 e. The predicted octanol–water partition coefficient (Wildman–Crippen LogP) is 5.72. The van der Waals surface area contributed by atoms with Crippen molar-refractivity contribution >= 4 is 28.9 Å². The Bertz CT molecular complexity index is 940. The topological polar surface area (TPSA) is 54.0 Å².